The fourth-order valence-corrected chi connectivity index (χ4v) is 6.51. The summed E-state index contributed by atoms with van der Waals surface area (Å²) in [6.45, 7) is 2.28. The first-order valence-electron chi connectivity index (χ1n) is 13.4. The van der Waals surface area contributed by atoms with Gasteiger partial charge >= 0.3 is 0 Å². The number of thiazole rings is 1. The quantitative estimate of drug-likeness (QED) is 0.130. The third kappa shape index (κ3) is 12.8. The van der Waals surface area contributed by atoms with E-state index in [9.17, 15) is 9.90 Å². The Kier molecular flexibility index (Phi) is 15.6. The van der Waals surface area contributed by atoms with Crippen LogP contribution in [0.15, 0.2) is 28.6 Å². The van der Waals surface area contributed by atoms with Crippen LogP contribution in [0.4, 0.5) is 0 Å². The van der Waals surface area contributed by atoms with Gasteiger partial charge in [-0.3, -0.25) is 0 Å². The number of unbranched alkanes of at least 4 members (excludes halogenated alkanes) is 15. The number of fused-ring (bicyclic) bond motifs is 1. The van der Waals surface area contributed by atoms with E-state index in [4.69, 9.17) is 0 Å². The molecule has 1 heterocycles. The largest absolute Gasteiger partial charge is 0.550 e. The van der Waals surface area contributed by atoms with Crippen molar-refractivity contribution in [2.24, 2.45) is 5.92 Å². The number of aliphatic carboxylic acids is 1. The maximum Gasteiger partial charge on any atom is 0.151 e. The van der Waals surface area contributed by atoms with Crippen LogP contribution in [0.25, 0.3) is 10.2 Å². The molecule has 0 bridgehead atoms. The first-order valence-corrected chi connectivity index (χ1v) is 15.2. The van der Waals surface area contributed by atoms with Crippen LogP contribution in [0.5, 0.6) is 0 Å². The molecule has 0 N–H and O–H groups in total. The first-order chi connectivity index (χ1) is 16.2. The van der Waals surface area contributed by atoms with Crippen LogP contribution in [0.2, 0.25) is 0 Å². The minimum absolute atomic E-state index is 0.381. The van der Waals surface area contributed by atoms with Crippen LogP contribution >= 0.6 is 23.1 Å². The van der Waals surface area contributed by atoms with Crippen molar-refractivity contribution < 1.29 is 9.90 Å². The number of nitrogens with zero attached hydrogens (tertiary/aromatic N) is 1. The highest BCUT2D eigenvalue weighted by molar-refractivity contribution is 8.01. The SMILES string of the molecule is CCCCCCCCCCCCCCCCCCC(CSc1nc2ccccc2s1)C(=O)[O-]. The van der Waals surface area contributed by atoms with Gasteiger partial charge in [0.15, 0.2) is 4.34 Å². The molecule has 0 radical (unpaired) electrons. The highest BCUT2D eigenvalue weighted by Crippen LogP contribution is 2.31. The molecular weight excluding hydrogens is 446 g/mol. The summed E-state index contributed by atoms with van der Waals surface area (Å²) >= 11 is 3.20. The molecular formula is C28H44NO2S2-. The summed E-state index contributed by atoms with van der Waals surface area (Å²) in [7, 11) is 0. The Morgan fingerprint density at radius 1 is 0.848 bits per heavy atom. The predicted octanol–water partition coefficient (Wildman–Crippen LogP) is 8.41. The van der Waals surface area contributed by atoms with E-state index in [1.165, 1.54) is 89.9 Å². The van der Waals surface area contributed by atoms with Gasteiger partial charge in [0.1, 0.15) is 0 Å². The second-order valence-electron chi connectivity index (χ2n) is 9.37. The molecule has 5 heteroatoms. The zero-order valence-electron chi connectivity index (χ0n) is 20.7. The van der Waals surface area contributed by atoms with E-state index in [1.54, 1.807) is 23.1 Å². The van der Waals surface area contributed by atoms with Crippen molar-refractivity contribution >= 4 is 39.3 Å². The Morgan fingerprint density at radius 3 is 1.88 bits per heavy atom. The molecule has 1 atom stereocenters. The maximum absolute atomic E-state index is 11.5. The molecule has 3 nitrogen and oxygen atoms in total. The van der Waals surface area contributed by atoms with E-state index < -0.39 is 5.97 Å². The van der Waals surface area contributed by atoms with Gasteiger partial charge in [0.05, 0.1) is 10.2 Å². The minimum Gasteiger partial charge on any atom is -0.550 e. The number of rotatable bonds is 21. The standard InChI is InChI=1S/C28H45NO2S2/c1-2-3-4-5-6-7-8-9-10-11-12-13-14-15-16-17-20-24(27(30)31)23-32-28-29-25-21-18-19-22-26(25)33-28/h18-19,21-22,24H,2-17,20,23H2,1H3,(H,30,31)/p-1. The van der Waals surface area contributed by atoms with Gasteiger partial charge in [-0.2, -0.15) is 0 Å². The minimum atomic E-state index is -0.912. The van der Waals surface area contributed by atoms with Crippen molar-refractivity contribution in [2.45, 2.75) is 120 Å². The predicted molar refractivity (Wildman–Crippen MR) is 143 cm³/mol. The molecule has 0 aliphatic rings. The second-order valence-corrected chi connectivity index (χ2v) is 11.7. The van der Waals surface area contributed by atoms with Gasteiger partial charge in [-0.1, -0.05) is 134 Å². The van der Waals surface area contributed by atoms with Gasteiger partial charge in [-0.15, -0.1) is 11.3 Å². The fourth-order valence-electron chi connectivity index (χ4n) is 4.29. The highest BCUT2D eigenvalue weighted by Gasteiger charge is 2.12. The third-order valence-corrected chi connectivity index (χ3v) is 8.76. The molecule has 1 unspecified atom stereocenters. The maximum atomic E-state index is 11.5. The molecule has 0 saturated carbocycles. The highest BCUT2D eigenvalue weighted by atomic mass is 32.2. The van der Waals surface area contributed by atoms with E-state index in [-0.39, 0.29) is 5.92 Å². The van der Waals surface area contributed by atoms with Crippen LogP contribution < -0.4 is 5.11 Å². The van der Waals surface area contributed by atoms with E-state index in [0.29, 0.717) is 5.75 Å². The normalized spacial score (nSPS) is 12.4. The van der Waals surface area contributed by atoms with Crippen LogP contribution in [-0.2, 0) is 4.79 Å². The summed E-state index contributed by atoms with van der Waals surface area (Å²) < 4.78 is 2.11. The van der Waals surface area contributed by atoms with Gasteiger partial charge in [0, 0.05) is 17.6 Å². The number of carbonyl (C=O) groups is 1. The lowest BCUT2D eigenvalue weighted by Gasteiger charge is -2.16. The lowest BCUT2D eigenvalue weighted by Crippen LogP contribution is -2.32. The average Bonchev–Trinajstić information content (AvgIpc) is 3.23. The molecule has 33 heavy (non-hydrogen) atoms. The molecule has 186 valence electrons. The number of hydrogen-bond donors (Lipinski definition) is 0. The molecule has 0 aliphatic carbocycles. The summed E-state index contributed by atoms with van der Waals surface area (Å²) in [4.78, 5) is 16.1. The monoisotopic (exact) mass is 490 g/mol. The molecule has 0 aliphatic heterocycles. The number of carbonyl (C=O) groups excluding carboxylic acids is 1. The van der Waals surface area contributed by atoms with Crippen molar-refractivity contribution in [2.75, 3.05) is 5.75 Å². The lowest BCUT2D eigenvalue weighted by molar-refractivity contribution is -0.310. The van der Waals surface area contributed by atoms with Gasteiger partial charge in [0.25, 0.3) is 0 Å². The van der Waals surface area contributed by atoms with Gasteiger partial charge in [0.2, 0.25) is 0 Å². The Hall–Kier alpha value is -1.07. The van der Waals surface area contributed by atoms with E-state index >= 15 is 0 Å². The number of aromatic nitrogens is 1. The molecule has 2 rings (SSSR count). The molecule has 0 fully saturated rings. The zero-order chi connectivity index (χ0) is 23.6. The first kappa shape index (κ1) is 28.2. The van der Waals surface area contributed by atoms with Crippen LogP contribution in [0.1, 0.15) is 116 Å². The number of thioether (sulfide) groups is 1. The Bertz CT molecular complexity index is 728. The summed E-state index contributed by atoms with van der Waals surface area (Å²) in [5, 5.41) is 11.5. The van der Waals surface area contributed by atoms with E-state index in [0.717, 1.165) is 33.8 Å². The smallest absolute Gasteiger partial charge is 0.151 e. The van der Waals surface area contributed by atoms with Gasteiger partial charge in [-0.25, -0.2) is 4.98 Å². The van der Waals surface area contributed by atoms with Crippen molar-refractivity contribution in [1.29, 1.82) is 0 Å². The van der Waals surface area contributed by atoms with Gasteiger partial charge < -0.3 is 9.90 Å². The molecule has 0 saturated heterocycles. The Morgan fingerprint density at radius 2 is 1.36 bits per heavy atom. The van der Waals surface area contributed by atoms with E-state index in [1.807, 2.05) is 18.2 Å². The number of benzene rings is 1. The topological polar surface area (TPSA) is 53.0 Å². The third-order valence-electron chi connectivity index (χ3n) is 6.42. The van der Waals surface area contributed by atoms with Crippen molar-refractivity contribution in [1.82, 2.24) is 4.98 Å². The summed E-state index contributed by atoms with van der Waals surface area (Å²) in [5.41, 5.74) is 0.993. The number of para-hydroxylation sites is 1. The summed E-state index contributed by atoms with van der Waals surface area (Å²) in [6.07, 6.45) is 22.1. The van der Waals surface area contributed by atoms with Crippen LogP contribution in [0, 0.1) is 5.92 Å². The molecule has 1 aromatic heterocycles. The van der Waals surface area contributed by atoms with Crippen molar-refractivity contribution in [3.05, 3.63) is 24.3 Å². The second kappa shape index (κ2) is 18.3. The van der Waals surface area contributed by atoms with E-state index in [2.05, 4.69) is 18.0 Å². The van der Waals surface area contributed by atoms with Crippen LogP contribution in [-0.4, -0.2) is 16.7 Å². The van der Waals surface area contributed by atoms with Crippen LogP contribution in [0.3, 0.4) is 0 Å². The molecule has 0 spiro atoms. The Labute approximate surface area is 210 Å². The molecule has 0 amide bonds. The number of hydrogen-bond acceptors (Lipinski definition) is 5. The summed E-state index contributed by atoms with van der Waals surface area (Å²) in [6, 6.07) is 8.06. The van der Waals surface area contributed by atoms with Gasteiger partial charge in [-0.05, 0) is 18.6 Å². The average molecular weight is 491 g/mol. The molecule has 2 aromatic rings. The summed E-state index contributed by atoms with van der Waals surface area (Å²) in [5.74, 6) is -0.737. The molecule has 1 aromatic carbocycles. The fraction of sp³-hybridized carbons (Fsp3) is 0.714. The number of carboxylic acid groups (broad SMARTS) is 1. The van der Waals surface area contributed by atoms with Crippen molar-refractivity contribution in [3.63, 3.8) is 0 Å². The number of carboxylic acids is 1. The lowest BCUT2D eigenvalue weighted by atomic mass is 10.0. The zero-order valence-corrected chi connectivity index (χ0v) is 22.3. The Balaban J connectivity index is 1.42. The van der Waals surface area contributed by atoms with Crippen molar-refractivity contribution in [3.8, 4) is 0 Å².